The molecule has 0 spiro atoms. The minimum absolute atomic E-state index is 0.0144. The Labute approximate surface area is 90.4 Å². The summed E-state index contributed by atoms with van der Waals surface area (Å²) in [4.78, 5) is 12.0. The Hall–Kier alpha value is -0.640. The third-order valence-electron chi connectivity index (χ3n) is 2.77. The van der Waals surface area contributed by atoms with Crippen molar-refractivity contribution in [1.29, 1.82) is 0 Å². The van der Waals surface area contributed by atoms with Crippen LogP contribution in [-0.4, -0.2) is 16.9 Å². The molecule has 4 heteroatoms. The molecule has 1 fully saturated rings. The van der Waals surface area contributed by atoms with Gasteiger partial charge in [-0.05, 0) is 32.1 Å². The maximum Gasteiger partial charge on any atom is 0.230 e. The average Bonchev–Trinajstić information content (AvgIpc) is 2.85. The van der Waals surface area contributed by atoms with E-state index in [-0.39, 0.29) is 17.9 Å². The number of nitrogens with two attached hydrogens (primary N) is 1. The van der Waals surface area contributed by atoms with Crippen LogP contribution >= 0.6 is 12.2 Å². The van der Waals surface area contributed by atoms with Crippen LogP contribution in [0.4, 0.5) is 0 Å². The summed E-state index contributed by atoms with van der Waals surface area (Å²) in [6.45, 7) is 3.97. The maximum absolute atomic E-state index is 11.7. The van der Waals surface area contributed by atoms with Gasteiger partial charge in [-0.1, -0.05) is 19.1 Å². The van der Waals surface area contributed by atoms with Crippen LogP contribution in [0.25, 0.3) is 0 Å². The Bertz CT molecular complexity index is 238. The Morgan fingerprint density at radius 1 is 1.64 bits per heavy atom. The molecule has 0 aromatic rings. The predicted octanol–water partition coefficient (Wildman–Crippen LogP) is 1.21. The highest BCUT2D eigenvalue weighted by Crippen LogP contribution is 2.32. The van der Waals surface area contributed by atoms with Crippen molar-refractivity contribution in [3.05, 3.63) is 0 Å². The fraction of sp³-hybridized carbons (Fsp3) is 0.800. The molecule has 1 saturated carbocycles. The van der Waals surface area contributed by atoms with Crippen molar-refractivity contribution in [2.75, 3.05) is 0 Å². The number of carbonyl (C=O) groups is 1. The van der Waals surface area contributed by atoms with Gasteiger partial charge >= 0.3 is 0 Å². The number of hydrogen-bond donors (Lipinski definition) is 2. The van der Waals surface area contributed by atoms with Gasteiger partial charge in [-0.3, -0.25) is 4.79 Å². The topological polar surface area (TPSA) is 55.1 Å². The summed E-state index contributed by atoms with van der Waals surface area (Å²) in [5.41, 5.74) is 5.49. The van der Waals surface area contributed by atoms with Crippen LogP contribution in [0.3, 0.4) is 0 Å². The van der Waals surface area contributed by atoms with Gasteiger partial charge in [0, 0.05) is 6.04 Å². The number of amides is 1. The first-order chi connectivity index (χ1) is 6.56. The summed E-state index contributed by atoms with van der Waals surface area (Å²) in [6.07, 6.45) is 3.13. The molecule has 0 radical (unpaired) electrons. The lowest BCUT2D eigenvalue weighted by Crippen LogP contribution is -2.42. The van der Waals surface area contributed by atoms with E-state index in [2.05, 4.69) is 5.32 Å². The van der Waals surface area contributed by atoms with E-state index < -0.39 is 0 Å². The molecule has 2 unspecified atom stereocenters. The molecule has 0 aliphatic heterocycles. The predicted molar refractivity (Wildman–Crippen MR) is 60.9 cm³/mol. The third-order valence-corrected chi connectivity index (χ3v) is 3.05. The molecule has 0 aromatic carbocycles. The summed E-state index contributed by atoms with van der Waals surface area (Å²) in [5.74, 6) is 0.355. The Kier molecular flexibility index (Phi) is 3.86. The summed E-state index contributed by atoms with van der Waals surface area (Å²) in [5, 5.41) is 2.97. The van der Waals surface area contributed by atoms with E-state index in [1.54, 1.807) is 0 Å². The minimum atomic E-state index is -0.300. The van der Waals surface area contributed by atoms with Crippen molar-refractivity contribution in [1.82, 2.24) is 5.32 Å². The van der Waals surface area contributed by atoms with E-state index >= 15 is 0 Å². The quantitative estimate of drug-likeness (QED) is 0.676. The molecule has 1 rings (SSSR count). The van der Waals surface area contributed by atoms with Gasteiger partial charge in [0.15, 0.2) is 0 Å². The van der Waals surface area contributed by atoms with Gasteiger partial charge < -0.3 is 11.1 Å². The molecule has 3 N–H and O–H groups in total. The van der Waals surface area contributed by atoms with E-state index in [0.29, 0.717) is 17.3 Å². The van der Waals surface area contributed by atoms with Crippen LogP contribution in [0.1, 0.15) is 33.1 Å². The first-order valence-corrected chi connectivity index (χ1v) is 5.56. The normalized spacial score (nSPS) is 19.9. The minimum Gasteiger partial charge on any atom is -0.393 e. The highest BCUT2D eigenvalue weighted by Gasteiger charge is 2.30. The molecule has 0 bridgehead atoms. The molecule has 0 heterocycles. The van der Waals surface area contributed by atoms with E-state index in [1.165, 1.54) is 12.8 Å². The largest absolute Gasteiger partial charge is 0.393 e. The maximum atomic E-state index is 11.7. The van der Waals surface area contributed by atoms with Crippen LogP contribution in [0.15, 0.2) is 0 Å². The molecule has 80 valence electrons. The van der Waals surface area contributed by atoms with Gasteiger partial charge in [-0.25, -0.2) is 0 Å². The van der Waals surface area contributed by atoms with E-state index in [4.69, 9.17) is 18.0 Å². The Balaban J connectivity index is 2.41. The van der Waals surface area contributed by atoms with Crippen molar-refractivity contribution >= 4 is 23.1 Å². The van der Waals surface area contributed by atoms with Crippen LogP contribution in [-0.2, 0) is 4.79 Å². The van der Waals surface area contributed by atoms with Gasteiger partial charge in [-0.2, -0.15) is 0 Å². The Morgan fingerprint density at radius 3 is 2.57 bits per heavy atom. The first-order valence-electron chi connectivity index (χ1n) is 5.16. The Morgan fingerprint density at radius 2 is 2.21 bits per heavy atom. The smallest absolute Gasteiger partial charge is 0.230 e. The van der Waals surface area contributed by atoms with Crippen molar-refractivity contribution in [3.8, 4) is 0 Å². The number of carbonyl (C=O) groups excluding carboxylic acids is 1. The molecule has 3 nitrogen and oxygen atoms in total. The van der Waals surface area contributed by atoms with Gasteiger partial charge in [0.25, 0.3) is 0 Å². The number of hydrogen-bond acceptors (Lipinski definition) is 2. The molecule has 0 saturated heterocycles. The highest BCUT2D eigenvalue weighted by atomic mass is 32.1. The van der Waals surface area contributed by atoms with Gasteiger partial charge in [0.2, 0.25) is 5.91 Å². The lowest BCUT2D eigenvalue weighted by atomic mass is 10.1. The zero-order valence-electron chi connectivity index (χ0n) is 8.75. The zero-order chi connectivity index (χ0) is 10.7. The lowest BCUT2D eigenvalue weighted by Gasteiger charge is -2.17. The zero-order valence-corrected chi connectivity index (χ0v) is 9.56. The molecule has 0 aromatic heterocycles. The summed E-state index contributed by atoms with van der Waals surface area (Å²) in [7, 11) is 0. The summed E-state index contributed by atoms with van der Waals surface area (Å²) in [6, 6.07) is 0.269. The molecule has 1 aliphatic rings. The van der Waals surface area contributed by atoms with Gasteiger partial charge in [-0.15, -0.1) is 0 Å². The molecule has 1 amide bonds. The first kappa shape index (κ1) is 11.4. The van der Waals surface area contributed by atoms with Gasteiger partial charge in [0.05, 0.1) is 10.9 Å². The fourth-order valence-electron chi connectivity index (χ4n) is 1.55. The van der Waals surface area contributed by atoms with E-state index in [1.807, 2.05) is 13.8 Å². The van der Waals surface area contributed by atoms with Crippen LogP contribution in [0, 0.1) is 11.8 Å². The van der Waals surface area contributed by atoms with E-state index in [0.717, 1.165) is 0 Å². The molecule has 14 heavy (non-hydrogen) atoms. The number of rotatable bonds is 5. The molecule has 2 atom stereocenters. The summed E-state index contributed by atoms with van der Waals surface area (Å²) < 4.78 is 0. The number of nitrogens with one attached hydrogen (secondary N) is 1. The van der Waals surface area contributed by atoms with Gasteiger partial charge in [0.1, 0.15) is 0 Å². The van der Waals surface area contributed by atoms with Crippen molar-refractivity contribution in [2.24, 2.45) is 17.6 Å². The van der Waals surface area contributed by atoms with Crippen molar-refractivity contribution in [2.45, 2.75) is 39.2 Å². The van der Waals surface area contributed by atoms with Crippen LogP contribution in [0.2, 0.25) is 0 Å². The monoisotopic (exact) mass is 214 g/mol. The molecular weight excluding hydrogens is 196 g/mol. The molecular formula is C10H18N2OS. The third kappa shape index (κ3) is 2.94. The van der Waals surface area contributed by atoms with Crippen LogP contribution in [0.5, 0.6) is 0 Å². The van der Waals surface area contributed by atoms with Crippen molar-refractivity contribution < 1.29 is 4.79 Å². The average molecular weight is 214 g/mol. The summed E-state index contributed by atoms with van der Waals surface area (Å²) >= 11 is 4.84. The second kappa shape index (κ2) is 4.73. The van der Waals surface area contributed by atoms with Crippen molar-refractivity contribution in [3.63, 3.8) is 0 Å². The van der Waals surface area contributed by atoms with Crippen LogP contribution < -0.4 is 11.1 Å². The standard InChI is InChI=1S/C10H18N2OS/c1-3-8(9(11)14)10(13)12-6(2)7-4-5-7/h6-8H,3-5H2,1-2H3,(H2,11,14)(H,12,13). The highest BCUT2D eigenvalue weighted by molar-refractivity contribution is 7.80. The second-order valence-corrected chi connectivity index (χ2v) is 4.47. The van der Waals surface area contributed by atoms with E-state index in [9.17, 15) is 4.79 Å². The SMILES string of the molecule is CCC(C(=O)NC(C)C1CC1)C(N)=S. The lowest BCUT2D eigenvalue weighted by molar-refractivity contribution is -0.123. The fourth-order valence-corrected chi connectivity index (χ4v) is 1.83. The second-order valence-electron chi connectivity index (χ2n) is 4.00. The molecule has 1 aliphatic carbocycles. The number of thiocarbonyl (C=S) groups is 1.